The molecular formula is C18H27NO4. The fraction of sp³-hybridized carbons (Fsp3) is 0.611. The van der Waals surface area contributed by atoms with E-state index in [0.29, 0.717) is 18.9 Å². The van der Waals surface area contributed by atoms with E-state index in [1.165, 1.54) is 7.11 Å². The zero-order valence-electron chi connectivity index (χ0n) is 14.1. The SMILES string of the molecule is COC(=O)C[C@@H]1CCCN(CCOc2ccccc2OC)CC1. The molecule has 1 fully saturated rings. The van der Waals surface area contributed by atoms with Gasteiger partial charge in [0.25, 0.3) is 0 Å². The molecule has 1 aromatic carbocycles. The highest BCUT2D eigenvalue weighted by Crippen LogP contribution is 2.26. The van der Waals surface area contributed by atoms with E-state index in [2.05, 4.69) is 4.90 Å². The van der Waals surface area contributed by atoms with Crippen molar-refractivity contribution in [3.8, 4) is 11.5 Å². The van der Waals surface area contributed by atoms with E-state index in [9.17, 15) is 4.79 Å². The number of carbonyl (C=O) groups is 1. The second kappa shape index (κ2) is 9.40. The first-order valence-corrected chi connectivity index (χ1v) is 8.28. The van der Waals surface area contributed by atoms with Crippen molar-refractivity contribution in [1.29, 1.82) is 0 Å². The number of esters is 1. The Morgan fingerprint density at radius 1 is 1.17 bits per heavy atom. The number of nitrogens with zero attached hydrogens (tertiary/aromatic N) is 1. The van der Waals surface area contributed by atoms with Crippen LogP contribution in [0.1, 0.15) is 25.7 Å². The molecule has 2 rings (SSSR count). The number of ether oxygens (including phenoxy) is 3. The molecule has 0 saturated carbocycles. The van der Waals surface area contributed by atoms with Crippen LogP contribution in [-0.4, -0.2) is 51.3 Å². The lowest BCUT2D eigenvalue weighted by Crippen LogP contribution is -2.29. The van der Waals surface area contributed by atoms with Crippen LogP contribution in [0.2, 0.25) is 0 Å². The first kappa shape index (κ1) is 17.6. The van der Waals surface area contributed by atoms with Crippen molar-refractivity contribution in [2.24, 2.45) is 5.92 Å². The van der Waals surface area contributed by atoms with Crippen LogP contribution in [0.25, 0.3) is 0 Å². The van der Waals surface area contributed by atoms with Gasteiger partial charge in [-0.25, -0.2) is 0 Å². The fourth-order valence-corrected chi connectivity index (χ4v) is 2.99. The van der Waals surface area contributed by atoms with Gasteiger partial charge in [-0.2, -0.15) is 0 Å². The van der Waals surface area contributed by atoms with Crippen LogP contribution >= 0.6 is 0 Å². The average Bonchev–Trinajstić information content (AvgIpc) is 2.80. The Hall–Kier alpha value is -1.75. The maximum Gasteiger partial charge on any atom is 0.305 e. The van der Waals surface area contributed by atoms with Gasteiger partial charge >= 0.3 is 5.97 Å². The number of benzene rings is 1. The van der Waals surface area contributed by atoms with Gasteiger partial charge in [0.05, 0.1) is 14.2 Å². The lowest BCUT2D eigenvalue weighted by Gasteiger charge is -2.20. The number of rotatable bonds is 7. The summed E-state index contributed by atoms with van der Waals surface area (Å²) in [6.07, 6.45) is 3.81. The van der Waals surface area contributed by atoms with E-state index in [4.69, 9.17) is 14.2 Å². The highest BCUT2D eigenvalue weighted by molar-refractivity contribution is 5.69. The predicted octanol–water partition coefficient (Wildman–Crippen LogP) is 2.74. The molecule has 1 aromatic rings. The normalized spacial score (nSPS) is 19.0. The summed E-state index contributed by atoms with van der Waals surface area (Å²) < 4.78 is 15.9. The van der Waals surface area contributed by atoms with Crippen LogP contribution in [0, 0.1) is 5.92 Å². The van der Waals surface area contributed by atoms with Crippen molar-refractivity contribution in [2.75, 3.05) is 40.5 Å². The topological polar surface area (TPSA) is 48.0 Å². The molecule has 1 aliphatic rings. The van der Waals surface area contributed by atoms with Crippen LogP contribution in [0.5, 0.6) is 11.5 Å². The van der Waals surface area contributed by atoms with Crippen LogP contribution in [0.3, 0.4) is 0 Å². The highest BCUT2D eigenvalue weighted by atomic mass is 16.5. The van der Waals surface area contributed by atoms with Gasteiger partial charge in [-0.1, -0.05) is 12.1 Å². The van der Waals surface area contributed by atoms with E-state index in [1.54, 1.807) is 7.11 Å². The molecule has 5 heteroatoms. The molecule has 0 radical (unpaired) electrons. The Bertz CT molecular complexity index is 492. The lowest BCUT2D eigenvalue weighted by molar-refractivity contribution is -0.141. The third-order valence-electron chi connectivity index (χ3n) is 4.36. The standard InChI is InChI=1S/C18H27NO4/c1-21-16-7-3-4-8-17(16)23-13-12-19-10-5-6-15(9-11-19)14-18(20)22-2/h3-4,7-8,15H,5-6,9-14H2,1-2H3/t15-/m1/s1. The number of methoxy groups -OCH3 is 2. The molecule has 0 spiro atoms. The Morgan fingerprint density at radius 3 is 2.70 bits per heavy atom. The number of hydrogen-bond acceptors (Lipinski definition) is 5. The maximum absolute atomic E-state index is 11.4. The Morgan fingerprint density at radius 2 is 1.96 bits per heavy atom. The minimum atomic E-state index is -0.0945. The van der Waals surface area contributed by atoms with Gasteiger partial charge in [0.1, 0.15) is 6.61 Å². The Kier molecular flexibility index (Phi) is 7.20. The number of likely N-dealkylation sites (tertiary alicyclic amines) is 1. The van der Waals surface area contributed by atoms with Gasteiger partial charge in [0, 0.05) is 13.0 Å². The molecule has 0 bridgehead atoms. The van der Waals surface area contributed by atoms with Crippen molar-refractivity contribution in [3.63, 3.8) is 0 Å². The summed E-state index contributed by atoms with van der Waals surface area (Å²) in [5, 5.41) is 0. The lowest BCUT2D eigenvalue weighted by atomic mass is 9.97. The summed E-state index contributed by atoms with van der Waals surface area (Å²) in [4.78, 5) is 13.8. The monoisotopic (exact) mass is 321 g/mol. The van der Waals surface area contributed by atoms with E-state index in [0.717, 1.165) is 50.4 Å². The molecule has 1 saturated heterocycles. The van der Waals surface area contributed by atoms with Crippen molar-refractivity contribution in [2.45, 2.75) is 25.7 Å². The summed E-state index contributed by atoms with van der Waals surface area (Å²) in [5.74, 6) is 1.90. The van der Waals surface area contributed by atoms with Crippen LogP contribution in [0.4, 0.5) is 0 Å². The predicted molar refractivity (Wildman–Crippen MR) is 88.9 cm³/mol. The zero-order chi connectivity index (χ0) is 16.5. The molecule has 0 aliphatic carbocycles. The molecule has 0 unspecified atom stereocenters. The minimum absolute atomic E-state index is 0.0945. The van der Waals surface area contributed by atoms with Crippen LogP contribution < -0.4 is 9.47 Å². The van der Waals surface area contributed by atoms with Gasteiger partial charge in [0.15, 0.2) is 11.5 Å². The van der Waals surface area contributed by atoms with Gasteiger partial charge in [-0.15, -0.1) is 0 Å². The molecule has 1 heterocycles. The number of carbonyl (C=O) groups excluding carboxylic acids is 1. The summed E-state index contributed by atoms with van der Waals surface area (Å²) in [7, 11) is 3.11. The second-order valence-corrected chi connectivity index (χ2v) is 5.92. The van der Waals surface area contributed by atoms with Gasteiger partial charge < -0.3 is 14.2 Å². The summed E-state index contributed by atoms with van der Waals surface area (Å²) in [5.41, 5.74) is 0. The van der Waals surface area contributed by atoms with Gasteiger partial charge in [-0.3, -0.25) is 9.69 Å². The van der Waals surface area contributed by atoms with Crippen LogP contribution in [-0.2, 0) is 9.53 Å². The number of hydrogen-bond donors (Lipinski definition) is 0. The van der Waals surface area contributed by atoms with Gasteiger partial charge in [-0.05, 0) is 50.4 Å². The molecule has 5 nitrogen and oxygen atoms in total. The number of para-hydroxylation sites is 2. The van der Waals surface area contributed by atoms with E-state index >= 15 is 0 Å². The van der Waals surface area contributed by atoms with E-state index in [1.807, 2.05) is 24.3 Å². The zero-order valence-corrected chi connectivity index (χ0v) is 14.1. The first-order valence-electron chi connectivity index (χ1n) is 8.28. The van der Waals surface area contributed by atoms with Gasteiger partial charge in [0.2, 0.25) is 0 Å². The maximum atomic E-state index is 11.4. The van der Waals surface area contributed by atoms with E-state index < -0.39 is 0 Å². The summed E-state index contributed by atoms with van der Waals surface area (Å²) in [6, 6.07) is 7.70. The first-order chi connectivity index (χ1) is 11.2. The summed E-state index contributed by atoms with van der Waals surface area (Å²) >= 11 is 0. The summed E-state index contributed by atoms with van der Waals surface area (Å²) in [6.45, 7) is 3.61. The third kappa shape index (κ3) is 5.75. The quantitative estimate of drug-likeness (QED) is 0.723. The van der Waals surface area contributed by atoms with Crippen molar-refractivity contribution < 1.29 is 19.0 Å². The van der Waals surface area contributed by atoms with Crippen molar-refractivity contribution in [3.05, 3.63) is 24.3 Å². The van der Waals surface area contributed by atoms with Crippen molar-refractivity contribution in [1.82, 2.24) is 4.90 Å². The Labute approximate surface area is 138 Å². The molecule has 0 aromatic heterocycles. The highest BCUT2D eigenvalue weighted by Gasteiger charge is 2.19. The molecule has 23 heavy (non-hydrogen) atoms. The van der Waals surface area contributed by atoms with E-state index in [-0.39, 0.29) is 5.97 Å². The Balaban J connectivity index is 1.73. The molecular weight excluding hydrogens is 294 g/mol. The second-order valence-electron chi connectivity index (χ2n) is 5.92. The van der Waals surface area contributed by atoms with Crippen LogP contribution in [0.15, 0.2) is 24.3 Å². The fourth-order valence-electron chi connectivity index (χ4n) is 2.99. The molecule has 1 atom stereocenters. The average molecular weight is 321 g/mol. The molecule has 1 aliphatic heterocycles. The van der Waals surface area contributed by atoms with Crippen molar-refractivity contribution >= 4 is 5.97 Å². The minimum Gasteiger partial charge on any atom is -0.493 e. The smallest absolute Gasteiger partial charge is 0.305 e. The largest absolute Gasteiger partial charge is 0.493 e. The molecule has 128 valence electrons. The molecule has 0 N–H and O–H groups in total. The third-order valence-corrected chi connectivity index (χ3v) is 4.36. The molecule has 0 amide bonds.